The molecule has 2 aliphatic heterocycles. The van der Waals surface area contributed by atoms with Gasteiger partial charge in [0.25, 0.3) is 0 Å². The van der Waals surface area contributed by atoms with E-state index in [1.54, 1.807) is 0 Å². The van der Waals surface area contributed by atoms with Crippen LogP contribution in [0, 0.1) is 0 Å². The lowest BCUT2D eigenvalue weighted by Crippen LogP contribution is -2.37. The normalized spacial score (nSPS) is 18.6. The predicted molar refractivity (Wildman–Crippen MR) is 183 cm³/mol. The molecule has 47 heavy (non-hydrogen) atoms. The summed E-state index contributed by atoms with van der Waals surface area (Å²) in [5, 5.41) is 0. The van der Waals surface area contributed by atoms with Crippen LogP contribution in [-0.2, 0) is 23.6 Å². The van der Waals surface area contributed by atoms with Crippen LogP contribution in [0.2, 0.25) is 0 Å². The fourth-order valence-electron chi connectivity index (χ4n) is 6.68. The first kappa shape index (κ1) is 32.3. The van der Waals surface area contributed by atoms with Crippen molar-refractivity contribution < 1.29 is 19.1 Å². The van der Waals surface area contributed by atoms with Gasteiger partial charge in [-0.05, 0) is 89.1 Å². The van der Waals surface area contributed by atoms with Gasteiger partial charge < -0.3 is 18.6 Å². The number of aryl methyl sites for hydroxylation is 1. The maximum atomic E-state index is 12.9. The van der Waals surface area contributed by atoms with E-state index in [4.69, 9.17) is 19.4 Å². The summed E-state index contributed by atoms with van der Waals surface area (Å²) in [7, 11) is 4.03. The number of nitrogens with zero attached hydrogens (tertiary/aromatic N) is 6. The molecule has 2 aromatic carbocycles. The Morgan fingerprint density at radius 2 is 1.47 bits per heavy atom. The second-order valence-corrected chi connectivity index (χ2v) is 13.9. The Morgan fingerprint density at radius 1 is 0.851 bits per heavy atom. The zero-order valence-corrected chi connectivity index (χ0v) is 28.6. The van der Waals surface area contributed by atoms with Crippen LogP contribution >= 0.6 is 0 Å². The van der Waals surface area contributed by atoms with E-state index in [2.05, 4.69) is 57.7 Å². The zero-order valence-electron chi connectivity index (χ0n) is 28.6. The van der Waals surface area contributed by atoms with Crippen molar-refractivity contribution in [1.82, 2.24) is 28.9 Å². The van der Waals surface area contributed by atoms with Crippen LogP contribution in [0.25, 0.3) is 34.4 Å². The van der Waals surface area contributed by atoms with E-state index in [1.165, 1.54) is 0 Å². The molecule has 10 nitrogen and oxygen atoms in total. The highest BCUT2D eigenvalue weighted by molar-refractivity contribution is 5.82. The molecule has 2 saturated heterocycles. The van der Waals surface area contributed by atoms with Gasteiger partial charge in [0.2, 0.25) is 0 Å². The van der Waals surface area contributed by atoms with Gasteiger partial charge in [-0.1, -0.05) is 42.5 Å². The highest BCUT2D eigenvalue weighted by Gasteiger charge is 2.36. The van der Waals surface area contributed by atoms with Gasteiger partial charge in [-0.3, -0.25) is 9.80 Å². The average Bonchev–Trinajstić information content (AvgIpc) is 3.81. The van der Waals surface area contributed by atoms with Crippen LogP contribution in [-0.4, -0.2) is 65.9 Å². The summed E-state index contributed by atoms with van der Waals surface area (Å²) in [6.07, 6.45) is 8.99. The second-order valence-electron chi connectivity index (χ2n) is 13.9. The molecule has 6 rings (SSSR count). The van der Waals surface area contributed by atoms with Crippen molar-refractivity contribution in [1.29, 1.82) is 0 Å². The van der Waals surface area contributed by atoms with Crippen molar-refractivity contribution in [3.8, 4) is 11.3 Å². The van der Waals surface area contributed by atoms with Crippen LogP contribution in [0.3, 0.4) is 0 Å². The van der Waals surface area contributed by atoms with E-state index < -0.39 is 5.60 Å². The maximum Gasteiger partial charge on any atom is 0.410 e. The molecule has 2 amide bonds. The molecule has 2 unspecified atom stereocenters. The van der Waals surface area contributed by atoms with Crippen molar-refractivity contribution in [3.05, 3.63) is 71.4 Å². The Bertz CT molecular complexity index is 1800. The van der Waals surface area contributed by atoms with E-state index in [0.717, 1.165) is 70.7 Å². The van der Waals surface area contributed by atoms with E-state index >= 15 is 0 Å². The number of rotatable bonds is 6. The maximum absolute atomic E-state index is 12.9. The topological polar surface area (TPSA) is 94.7 Å². The minimum Gasteiger partial charge on any atom is -0.447 e. The number of imidazole rings is 2. The molecular weight excluding hydrogens is 592 g/mol. The smallest absolute Gasteiger partial charge is 0.410 e. The third kappa shape index (κ3) is 6.77. The van der Waals surface area contributed by atoms with Crippen molar-refractivity contribution >= 4 is 35.4 Å². The van der Waals surface area contributed by atoms with Crippen molar-refractivity contribution in [2.24, 2.45) is 14.1 Å². The fourth-order valence-corrected chi connectivity index (χ4v) is 6.68. The predicted octanol–water partition coefficient (Wildman–Crippen LogP) is 7.90. The van der Waals surface area contributed by atoms with Gasteiger partial charge in [0.15, 0.2) is 0 Å². The molecule has 2 fully saturated rings. The molecule has 248 valence electrons. The van der Waals surface area contributed by atoms with E-state index in [1.807, 2.05) is 70.8 Å². The molecule has 0 aliphatic carbocycles. The van der Waals surface area contributed by atoms with Crippen LogP contribution in [0.15, 0.2) is 48.7 Å². The first-order chi connectivity index (χ1) is 22.4. The van der Waals surface area contributed by atoms with Crippen molar-refractivity contribution in [2.75, 3.05) is 13.1 Å². The second kappa shape index (κ2) is 12.9. The summed E-state index contributed by atoms with van der Waals surface area (Å²) in [5.74, 6) is 1.76. The summed E-state index contributed by atoms with van der Waals surface area (Å²) in [6, 6.07) is 14.5. The molecule has 2 aliphatic rings. The minimum atomic E-state index is -0.536. The van der Waals surface area contributed by atoms with Gasteiger partial charge in [0, 0.05) is 27.2 Å². The van der Waals surface area contributed by atoms with Gasteiger partial charge in [0.05, 0.1) is 41.1 Å². The summed E-state index contributed by atoms with van der Waals surface area (Å²) < 4.78 is 15.4. The van der Waals surface area contributed by atoms with Gasteiger partial charge >= 0.3 is 12.2 Å². The van der Waals surface area contributed by atoms with Crippen molar-refractivity contribution in [2.45, 2.75) is 84.1 Å². The summed E-state index contributed by atoms with van der Waals surface area (Å²) in [6.45, 7) is 10.8. The van der Waals surface area contributed by atoms with Crippen LogP contribution in [0.1, 0.15) is 95.2 Å². The molecule has 0 spiro atoms. The molecule has 0 bridgehead atoms. The number of carbonyl (C=O) groups excluding carboxylic acids is 2. The number of amides is 2. The number of fused-ring (bicyclic) bond motifs is 1. The lowest BCUT2D eigenvalue weighted by molar-refractivity contribution is 0.0216. The van der Waals surface area contributed by atoms with Gasteiger partial charge in [-0.2, -0.15) is 0 Å². The van der Waals surface area contributed by atoms with E-state index in [0.29, 0.717) is 13.1 Å². The minimum absolute atomic E-state index is 0.0891. The SMILES string of the molecule is CC(C)OC(=O)N1CCCC1c1nc2ccc(C=Cc3ccc(-c4cnc(C5CCCN5C(=O)OC(C)(C)C)n4C)cc3)cc2n1C. The summed E-state index contributed by atoms with van der Waals surface area (Å²) in [4.78, 5) is 38.9. The van der Waals surface area contributed by atoms with Gasteiger partial charge in [-0.15, -0.1) is 0 Å². The largest absolute Gasteiger partial charge is 0.447 e. The Balaban J connectivity index is 1.16. The molecule has 2 aromatic heterocycles. The molecule has 4 heterocycles. The van der Waals surface area contributed by atoms with Crippen LogP contribution in [0.4, 0.5) is 9.59 Å². The van der Waals surface area contributed by atoms with Gasteiger partial charge in [0.1, 0.15) is 17.2 Å². The number of likely N-dealkylation sites (tertiary alicyclic amines) is 2. The molecule has 4 aromatic rings. The number of hydrogen-bond acceptors (Lipinski definition) is 6. The first-order valence-electron chi connectivity index (χ1n) is 16.6. The zero-order chi connectivity index (χ0) is 33.5. The summed E-state index contributed by atoms with van der Waals surface area (Å²) >= 11 is 0. The standard InChI is InChI=1S/C37H46N6O4/c1-24(2)46-35(44)42-20-9-11-30(42)34-39-28-19-16-26(22-31(28)40(34)6)13-12-25-14-17-27(18-15-25)32-23-38-33(41(32)7)29-10-8-21-43(29)36(45)47-37(3,4)5/h12-19,22-24,29-30H,8-11,20-21H2,1-7H3. The third-order valence-corrected chi connectivity index (χ3v) is 8.94. The third-order valence-electron chi connectivity index (χ3n) is 8.94. The number of ether oxygens (including phenoxy) is 2. The lowest BCUT2D eigenvalue weighted by atomic mass is 10.1. The molecule has 0 radical (unpaired) electrons. The van der Waals surface area contributed by atoms with Crippen molar-refractivity contribution in [3.63, 3.8) is 0 Å². The van der Waals surface area contributed by atoms with Crippen LogP contribution in [0.5, 0.6) is 0 Å². The molecule has 0 saturated carbocycles. The summed E-state index contributed by atoms with van der Waals surface area (Å²) in [5.41, 5.74) is 5.62. The lowest BCUT2D eigenvalue weighted by Gasteiger charge is -2.28. The monoisotopic (exact) mass is 638 g/mol. The number of benzene rings is 2. The molecule has 10 heteroatoms. The highest BCUT2D eigenvalue weighted by atomic mass is 16.6. The van der Waals surface area contributed by atoms with Gasteiger partial charge in [-0.25, -0.2) is 19.6 Å². The quantitative estimate of drug-likeness (QED) is 0.199. The Morgan fingerprint density at radius 3 is 2.13 bits per heavy atom. The molecule has 0 N–H and O–H groups in total. The number of carbonyl (C=O) groups is 2. The Hall–Kier alpha value is -4.60. The van der Waals surface area contributed by atoms with E-state index in [9.17, 15) is 9.59 Å². The fraction of sp³-hybridized carbons (Fsp3) is 0.459. The molecule has 2 atom stereocenters. The van der Waals surface area contributed by atoms with Crippen LogP contribution < -0.4 is 0 Å². The number of hydrogen-bond donors (Lipinski definition) is 0. The first-order valence-corrected chi connectivity index (χ1v) is 16.6. The van der Waals surface area contributed by atoms with E-state index in [-0.39, 0.29) is 30.4 Å². The molecular formula is C37H46N6O4. The Labute approximate surface area is 277 Å². The average molecular weight is 639 g/mol. The Kier molecular flexibility index (Phi) is 8.87. The highest BCUT2D eigenvalue weighted by Crippen LogP contribution is 2.35. The number of aromatic nitrogens is 4.